The third-order valence-corrected chi connectivity index (χ3v) is 1.72. The largest absolute Gasteiger partial charge is 0.478 e. The first-order valence-corrected chi connectivity index (χ1v) is 3.54. The van der Waals surface area contributed by atoms with Crippen LogP contribution >= 0.6 is 0 Å². The summed E-state index contributed by atoms with van der Waals surface area (Å²) in [5.74, 6) is -1.01. The number of hydrogen-bond acceptors (Lipinski definition) is 2. The molecule has 1 aliphatic heterocycles. The molecule has 1 heterocycles. The van der Waals surface area contributed by atoms with Gasteiger partial charge in [-0.1, -0.05) is 0 Å². The minimum absolute atomic E-state index is 0.203. The van der Waals surface area contributed by atoms with Crippen LogP contribution in [0.5, 0.6) is 0 Å². The lowest BCUT2D eigenvalue weighted by atomic mass is 10.1. The minimum atomic E-state index is -1.01. The van der Waals surface area contributed by atoms with Crippen LogP contribution in [0.4, 0.5) is 4.79 Å². The zero-order chi connectivity index (χ0) is 9.30. The highest BCUT2D eigenvalue weighted by Gasteiger charge is 2.25. The van der Waals surface area contributed by atoms with E-state index in [4.69, 9.17) is 5.11 Å². The molecule has 0 aromatic rings. The van der Waals surface area contributed by atoms with Crippen molar-refractivity contribution in [2.24, 2.45) is 0 Å². The quantitative estimate of drug-likeness (QED) is 0.520. The highest BCUT2D eigenvalue weighted by molar-refractivity contribution is 5.93. The predicted octanol–water partition coefficient (Wildman–Crippen LogP) is 0.0463. The van der Waals surface area contributed by atoms with Gasteiger partial charge in [0.15, 0.2) is 0 Å². The molecule has 2 amide bonds. The summed E-state index contributed by atoms with van der Waals surface area (Å²) in [4.78, 5) is 21.4. The lowest BCUT2D eigenvalue weighted by Gasteiger charge is -2.23. The van der Waals surface area contributed by atoms with Gasteiger partial charge in [-0.3, -0.25) is 0 Å². The molecule has 0 radical (unpaired) electrons. The summed E-state index contributed by atoms with van der Waals surface area (Å²) >= 11 is 0. The summed E-state index contributed by atoms with van der Waals surface area (Å²) in [5.41, 5.74) is 0.605. The van der Waals surface area contributed by atoms with E-state index in [-0.39, 0.29) is 11.6 Å². The summed E-state index contributed by atoms with van der Waals surface area (Å²) in [6.07, 6.45) is 0. The minimum Gasteiger partial charge on any atom is -0.478 e. The normalized spacial score (nSPS) is 23.2. The molecule has 0 fully saturated rings. The van der Waals surface area contributed by atoms with Crippen molar-refractivity contribution < 1.29 is 14.7 Å². The van der Waals surface area contributed by atoms with E-state index in [2.05, 4.69) is 10.6 Å². The molecule has 5 nitrogen and oxygen atoms in total. The van der Waals surface area contributed by atoms with Gasteiger partial charge in [0.05, 0.1) is 11.6 Å². The van der Waals surface area contributed by atoms with Gasteiger partial charge in [0.25, 0.3) is 0 Å². The van der Waals surface area contributed by atoms with Crippen LogP contribution in [0.15, 0.2) is 11.3 Å². The zero-order valence-electron chi connectivity index (χ0n) is 6.84. The van der Waals surface area contributed by atoms with Crippen molar-refractivity contribution >= 4 is 12.0 Å². The highest BCUT2D eigenvalue weighted by Crippen LogP contribution is 2.10. The van der Waals surface area contributed by atoms with E-state index in [0.29, 0.717) is 5.70 Å². The van der Waals surface area contributed by atoms with E-state index in [1.807, 2.05) is 0 Å². The van der Waals surface area contributed by atoms with Crippen LogP contribution in [0.25, 0.3) is 0 Å². The van der Waals surface area contributed by atoms with Crippen molar-refractivity contribution in [2.45, 2.75) is 19.9 Å². The molecule has 0 aromatic heterocycles. The molecular formula is C7H10N2O3. The number of rotatable bonds is 1. The molecule has 0 saturated carbocycles. The maximum Gasteiger partial charge on any atom is 0.335 e. The van der Waals surface area contributed by atoms with Gasteiger partial charge < -0.3 is 15.7 Å². The number of urea groups is 1. The Labute approximate surface area is 69.5 Å². The smallest absolute Gasteiger partial charge is 0.335 e. The van der Waals surface area contributed by atoms with E-state index in [9.17, 15) is 9.59 Å². The lowest BCUT2D eigenvalue weighted by molar-refractivity contribution is -0.133. The Morgan fingerprint density at radius 2 is 2.17 bits per heavy atom. The molecule has 5 heteroatoms. The van der Waals surface area contributed by atoms with E-state index < -0.39 is 12.0 Å². The Morgan fingerprint density at radius 3 is 2.58 bits per heavy atom. The third kappa shape index (κ3) is 1.39. The van der Waals surface area contributed by atoms with Crippen LogP contribution in [-0.2, 0) is 4.79 Å². The number of carbonyl (C=O) groups excluding carboxylic acids is 1. The van der Waals surface area contributed by atoms with Gasteiger partial charge in [-0.15, -0.1) is 0 Å². The second-order valence-corrected chi connectivity index (χ2v) is 2.66. The van der Waals surface area contributed by atoms with Crippen LogP contribution in [-0.4, -0.2) is 23.1 Å². The summed E-state index contributed by atoms with van der Waals surface area (Å²) in [5, 5.41) is 13.6. The number of amides is 2. The number of carboxylic acids is 1. The van der Waals surface area contributed by atoms with Gasteiger partial charge >= 0.3 is 12.0 Å². The molecule has 0 aromatic carbocycles. The Bertz CT molecular complexity index is 270. The molecule has 3 N–H and O–H groups in total. The maximum atomic E-state index is 10.8. The van der Waals surface area contributed by atoms with Crippen molar-refractivity contribution in [1.29, 1.82) is 0 Å². The molecule has 1 aliphatic rings. The van der Waals surface area contributed by atoms with Gasteiger partial charge in [-0.25, -0.2) is 9.59 Å². The summed E-state index contributed by atoms with van der Waals surface area (Å²) in [6, 6.07) is -0.791. The molecule has 0 saturated heterocycles. The molecule has 1 atom stereocenters. The fourth-order valence-electron chi connectivity index (χ4n) is 1.21. The van der Waals surface area contributed by atoms with E-state index in [0.717, 1.165) is 0 Å². The van der Waals surface area contributed by atoms with Crippen LogP contribution in [0.1, 0.15) is 13.8 Å². The van der Waals surface area contributed by atoms with Gasteiger partial charge in [0.1, 0.15) is 0 Å². The van der Waals surface area contributed by atoms with Gasteiger partial charge in [-0.2, -0.15) is 0 Å². The number of allylic oxidation sites excluding steroid dienone is 1. The zero-order valence-corrected chi connectivity index (χ0v) is 6.84. The van der Waals surface area contributed by atoms with Gasteiger partial charge in [-0.05, 0) is 13.8 Å². The summed E-state index contributed by atoms with van der Waals surface area (Å²) in [7, 11) is 0. The second kappa shape index (κ2) is 2.84. The average molecular weight is 170 g/mol. The Morgan fingerprint density at radius 1 is 1.58 bits per heavy atom. The topological polar surface area (TPSA) is 78.4 Å². The summed E-state index contributed by atoms with van der Waals surface area (Å²) < 4.78 is 0. The van der Waals surface area contributed by atoms with Gasteiger partial charge in [0, 0.05) is 5.70 Å². The van der Waals surface area contributed by atoms with Crippen LogP contribution in [0.2, 0.25) is 0 Å². The monoisotopic (exact) mass is 170 g/mol. The number of nitrogens with one attached hydrogen (secondary N) is 2. The van der Waals surface area contributed by atoms with Crippen LogP contribution in [0.3, 0.4) is 0 Å². The molecule has 0 aliphatic carbocycles. The molecule has 0 bridgehead atoms. The van der Waals surface area contributed by atoms with Crippen LogP contribution < -0.4 is 10.6 Å². The third-order valence-electron chi connectivity index (χ3n) is 1.72. The van der Waals surface area contributed by atoms with Crippen molar-refractivity contribution in [2.75, 3.05) is 0 Å². The first-order chi connectivity index (χ1) is 5.52. The summed E-state index contributed by atoms with van der Waals surface area (Å²) in [6.45, 7) is 3.20. The predicted molar refractivity (Wildman–Crippen MR) is 41.5 cm³/mol. The molecular weight excluding hydrogens is 160 g/mol. The first kappa shape index (κ1) is 8.58. The number of carbonyl (C=O) groups is 2. The first-order valence-electron chi connectivity index (χ1n) is 3.54. The number of carboxylic acid groups (broad SMARTS) is 1. The standard InChI is InChI=1S/C7H10N2O3/c1-3-5(6(10)11)4(2)9-7(12)8-3/h3H,1-2H3,(H,10,11)(H2,8,9,12)/t3-/m1/s1. The maximum absolute atomic E-state index is 10.8. The molecule has 0 unspecified atom stereocenters. The Hall–Kier alpha value is -1.52. The molecule has 12 heavy (non-hydrogen) atoms. The Balaban J connectivity index is 3.01. The van der Waals surface area contributed by atoms with Crippen molar-refractivity contribution in [3.63, 3.8) is 0 Å². The molecule has 0 spiro atoms. The Kier molecular flexibility index (Phi) is 2.03. The van der Waals surface area contributed by atoms with Crippen molar-refractivity contribution in [1.82, 2.24) is 10.6 Å². The highest BCUT2D eigenvalue weighted by atomic mass is 16.4. The van der Waals surface area contributed by atoms with Crippen molar-refractivity contribution in [3.8, 4) is 0 Å². The van der Waals surface area contributed by atoms with E-state index in [1.54, 1.807) is 13.8 Å². The average Bonchev–Trinajstić information content (AvgIpc) is 1.82. The number of aliphatic carboxylic acids is 1. The SMILES string of the molecule is CC1=C(C(=O)O)[C@@H](C)NC(=O)N1. The fourth-order valence-corrected chi connectivity index (χ4v) is 1.21. The lowest BCUT2D eigenvalue weighted by Crippen LogP contribution is -2.48. The second-order valence-electron chi connectivity index (χ2n) is 2.66. The molecule has 1 rings (SSSR count). The van der Waals surface area contributed by atoms with Gasteiger partial charge in [0.2, 0.25) is 0 Å². The fraction of sp³-hybridized carbons (Fsp3) is 0.429. The van der Waals surface area contributed by atoms with Crippen molar-refractivity contribution in [3.05, 3.63) is 11.3 Å². The molecule has 66 valence electrons. The van der Waals surface area contributed by atoms with E-state index >= 15 is 0 Å². The van der Waals surface area contributed by atoms with E-state index in [1.165, 1.54) is 0 Å². The van der Waals surface area contributed by atoms with Crippen LogP contribution in [0, 0.1) is 0 Å². The number of hydrogen-bond donors (Lipinski definition) is 3.